The molecule has 2 unspecified atom stereocenters. The average Bonchev–Trinajstić information content (AvgIpc) is 2.00. The van der Waals surface area contributed by atoms with Gasteiger partial charge in [0, 0.05) is 11.4 Å². The summed E-state index contributed by atoms with van der Waals surface area (Å²) in [5.74, 6) is 0.701. The third-order valence-electron chi connectivity index (χ3n) is 2.12. The highest BCUT2D eigenvalue weighted by Gasteiger charge is 2.14. The van der Waals surface area contributed by atoms with E-state index in [2.05, 4.69) is 50.5 Å². The summed E-state index contributed by atoms with van der Waals surface area (Å²) in [6.07, 6.45) is 2.33. The van der Waals surface area contributed by atoms with Crippen molar-refractivity contribution in [1.29, 1.82) is 0 Å². The van der Waals surface area contributed by atoms with E-state index in [4.69, 9.17) is 4.74 Å². The van der Waals surface area contributed by atoms with E-state index >= 15 is 0 Å². The SMILES string of the molecule is CCC(Br)C(C)CCOC(C)(C)C. The quantitative estimate of drug-likeness (QED) is 0.671. The number of hydrogen-bond acceptors (Lipinski definition) is 1. The summed E-state index contributed by atoms with van der Waals surface area (Å²) in [6.45, 7) is 11.7. The highest BCUT2D eigenvalue weighted by molar-refractivity contribution is 9.09. The number of alkyl halides is 1. The molecule has 0 aromatic heterocycles. The van der Waals surface area contributed by atoms with Crippen LogP contribution in [0.1, 0.15) is 47.5 Å². The topological polar surface area (TPSA) is 9.23 Å². The Kier molecular flexibility index (Phi) is 6.23. The smallest absolute Gasteiger partial charge is 0.0598 e. The molecule has 0 saturated heterocycles. The van der Waals surface area contributed by atoms with E-state index < -0.39 is 0 Å². The first kappa shape index (κ1) is 13.4. The van der Waals surface area contributed by atoms with E-state index in [0.717, 1.165) is 13.0 Å². The molecule has 0 aromatic rings. The Morgan fingerprint density at radius 3 is 2.23 bits per heavy atom. The second kappa shape index (κ2) is 6.02. The van der Waals surface area contributed by atoms with Gasteiger partial charge < -0.3 is 4.74 Å². The first-order chi connectivity index (χ1) is 5.87. The van der Waals surface area contributed by atoms with Crippen molar-refractivity contribution in [3.63, 3.8) is 0 Å². The van der Waals surface area contributed by atoms with Gasteiger partial charge in [-0.1, -0.05) is 29.8 Å². The fraction of sp³-hybridized carbons (Fsp3) is 1.00. The molecule has 2 heteroatoms. The predicted octanol–water partition coefficient (Wildman–Crippen LogP) is 4.00. The molecule has 80 valence electrons. The predicted molar refractivity (Wildman–Crippen MR) is 62.5 cm³/mol. The lowest BCUT2D eigenvalue weighted by Crippen LogP contribution is -2.22. The molecule has 2 atom stereocenters. The van der Waals surface area contributed by atoms with Crippen LogP contribution in [-0.4, -0.2) is 17.0 Å². The molecule has 0 fully saturated rings. The third kappa shape index (κ3) is 7.51. The van der Waals surface area contributed by atoms with Gasteiger partial charge in [0.2, 0.25) is 0 Å². The van der Waals surface area contributed by atoms with Crippen LogP contribution < -0.4 is 0 Å². The Morgan fingerprint density at radius 2 is 1.85 bits per heavy atom. The minimum Gasteiger partial charge on any atom is -0.376 e. The van der Waals surface area contributed by atoms with Gasteiger partial charge in [-0.3, -0.25) is 0 Å². The van der Waals surface area contributed by atoms with Gasteiger partial charge in [-0.25, -0.2) is 0 Å². The van der Waals surface area contributed by atoms with Crippen molar-refractivity contribution in [3.8, 4) is 0 Å². The van der Waals surface area contributed by atoms with Crippen molar-refractivity contribution in [2.24, 2.45) is 5.92 Å². The maximum Gasteiger partial charge on any atom is 0.0598 e. The molecule has 0 saturated carbocycles. The molecule has 0 aliphatic rings. The lowest BCUT2D eigenvalue weighted by molar-refractivity contribution is -0.00850. The maximum absolute atomic E-state index is 5.67. The Morgan fingerprint density at radius 1 is 1.31 bits per heavy atom. The molecule has 0 spiro atoms. The first-order valence-corrected chi connectivity index (χ1v) is 6.06. The van der Waals surface area contributed by atoms with Crippen molar-refractivity contribution in [1.82, 2.24) is 0 Å². The zero-order valence-electron chi connectivity index (χ0n) is 9.56. The van der Waals surface area contributed by atoms with Crippen LogP contribution in [0.4, 0.5) is 0 Å². The van der Waals surface area contributed by atoms with Crippen molar-refractivity contribution in [2.45, 2.75) is 57.9 Å². The Bertz CT molecular complexity index is 129. The first-order valence-electron chi connectivity index (χ1n) is 5.15. The molecule has 0 aromatic carbocycles. The van der Waals surface area contributed by atoms with Gasteiger partial charge >= 0.3 is 0 Å². The summed E-state index contributed by atoms with van der Waals surface area (Å²) >= 11 is 3.67. The molecular weight excluding hydrogens is 228 g/mol. The van der Waals surface area contributed by atoms with Crippen molar-refractivity contribution < 1.29 is 4.74 Å². The fourth-order valence-electron chi connectivity index (χ4n) is 1.13. The summed E-state index contributed by atoms with van der Waals surface area (Å²) in [5.41, 5.74) is 0.00768. The van der Waals surface area contributed by atoms with Crippen LogP contribution in [-0.2, 0) is 4.74 Å². The van der Waals surface area contributed by atoms with Crippen molar-refractivity contribution in [3.05, 3.63) is 0 Å². The van der Waals surface area contributed by atoms with Crippen LogP contribution in [0.3, 0.4) is 0 Å². The summed E-state index contributed by atoms with van der Waals surface area (Å²) in [4.78, 5) is 0.635. The average molecular weight is 251 g/mol. The molecule has 0 aliphatic heterocycles. The Balaban J connectivity index is 3.53. The van der Waals surface area contributed by atoms with E-state index in [1.165, 1.54) is 6.42 Å². The van der Waals surface area contributed by atoms with Crippen LogP contribution >= 0.6 is 15.9 Å². The summed E-state index contributed by atoms with van der Waals surface area (Å²) in [5, 5.41) is 0. The lowest BCUT2D eigenvalue weighted by atomic mass is 10.0. The number of rotatable bonds is 5. The Labute approximate surface area is 91.4 Å². The van der Waals surface area contributed by atoms with E-state index in [0.29, 0.717) is 10.7 Å². The standard InChI is InChI=1S/C11H23BrO/c1-6-10(12)9(2)7-8-13-11(3,4)5/h9-10H,6-8H2,1-5H3. The maximum atomic E-state index is 5.67. The second-order valence-corrected chi connectivity index (χ2v) is 5.83. The van der Waals surface area contributed by atoms with Gasteiger partial charge in [0.15, 0.2) is 0 Å². The van der Waals surface area contributed by atoms with Crippen LogP contribution in [0.2, 0.25) is 0 Å². The minimum atomic E-state index is 0.00768. The van der Waals surface area contributed by atoms with Gasteiger partial charge in [-0.15, -0.1) is 0 Å². The van der Waals surface area contributed by atoms with Crippen LogP contribution in [0.25, 0.3) is 0 Å². The largest absolute Gasteiger partial charge is 0.376 e. The Hall–Kier alpha value is 0.440. The van der Waals surface area contributed by atoms with E-state index in [9.17, 15) is 0 Å². The number of ether oxygens (including phenoxy) is 1. The van der Waals surface area contributed by atoms with Gasteiger partial charge in [0.25, 0.3) is 0 Å². The van der Waals surface area contributed by atoms with Crippen molar-refractivity contribution >= 4 is 15.9 Å². The van der Waals surface area contributed by atoms with E-state index in [1.807, 2.05) is 0 Å². The highest BCUT2D eigenvalue weighted by Crippen LogP contribution is 2.20. The minimum absolute atomic E-state index is 0.00768. The zero-order valence-corrected chi connectivity index (χ0v) is 11.1. The van der Waals surface area contributed by atoms with Crippen LogP contribution in [0, 0.1) is 5.92 Å². The summed E-state index contributed by atoms with van der Waals surface area (Å²) < 4.78 is 5.67. The summed E-state index contributed by atoms with van der Waals surface area (Å²) in [6, 6.07) is 0. The monoisotopic (exact) mass is 250 g/mol. The van der Waals surface area contributed by atoms with Gasteiger partial charge in [-0.05, 0) is 39.5 Å². The highest BCUT2D eigenvalue weighted by atomic mass is 79.9. The molecule has 0 bridgehead atoms. The molecule has 0 N–H and O–H groups in total. The molecule has 0 amide bonds. The normalized spacial score (nSPS) is 17.1. The van der Waals surface area contributed by atoms with E-state index in [-0.39, 0.29) is 5.60 Å². The van der Waals surface area contributed by atoms with Crippen LogP contribution in [0.5, 0.6) is 0 Å². The van der Waals surface area contributed by atoms with E-state index in [1.54, 1.807) is 0 Å². The van der Waals surface area contributed by atoms with Crippen molar-refractivity contribution in [2.75, 3.05) is 6.61 Å². The number of hydrogen-bond donors (Lipinski definition) is 0. The van der Waals surface area contributed by atoms with Gasteiger partial charge in [0.05, 0.1) is 5.60 Å². The number of halogens is 1. The second-order valence-electron chi connectivity index (χ2n) is 4.65. The molecule has 0 rings (SSSR count). The molecule has 0 heterocycles. The molecule has 1 nitrogen and oxygen atoms in total. The fourth-order valence-corrected chi connectivity index (χ4v) is 1.40. The van der Waals surface area contributed by atoms with Gasteiger partial charge in [0.1, 0.15) is 0 Å². The molecule has 13 heavy (non-hydrogen) atoms. The summed E-state index contributed by atoms with van der Waals surface area (Å²) in [7, 11) is 0. The lowest BCUT2D eigenvalue weighted by Gasteiger charge is -2.22. The van der Waals surface area contributed by atoms with Gasteiger partial charge in [-0.2, -0.15) is 0 Å². The molecular formula is C11H23BrO. The zero-order chi connectivity index (χ0) is 10.5. The van der Waals surface area contributed by atoms with Crippen LogP contribution in [0.15, 0.2) is 0 Å². The molecule has 0 aliphatic carbocycles. The third-order valence-corrected chi connectivity index (χ3v) is 3.67. The molecule has 0 radical (unpaired) electrons.